The topological polar surface area (TPSA) is 59.2 Å². The second-order valence-electron chi connectivity index (χ2n) is 6.87. The summed E-state index contributed by atoms with van der Waals surface area (Å²) in [4.78, 5) is 29.3. The summed E-state index contributed by atoms with van der Waals surface area (Å²) in [5.74, 6) is 3.03. The Hall–Kier alpha value is -3.84. The fourth-order valence-corrected chi connectivity index (χ4v) is 3.88. The van der Waals surface area contributed by atoms with Gasteiger partial charge in [0.2, 0.25) is 0 Å². The highest BCUT2D eigenvalue weighted by Crippen LogP contribution is 2.32. The molecule has 0 aliphatic heterocycles. The summed E-state index contributed by atoms with van der Waals surface area (Å²) < 4.78 is 5.48. The number of aromatic nitrogens is 1. The number of aromatic amines is 1. The number of pyridine rings is 1. The molecule has 0 atom stereocenters. The SMILES string of the molecule is C#CCOc1ccc2c(c1)Cc1cc3c(=O)c4ccccc4[nH]c3cc1C2=O. The van der Waals surface area contributed by atoms with E-state index in [2.05, 4.69) is 10.9 Å². The largest absolute Gasteiger partial charge is 0.481 e. The van der Waals surface area contributed by atoms with Gasteiger partial charge in [-0.25, -0.2) is 0 Å². The van der Waals surface area contributed by atoms with E-state index in [1.165, 1.54) is 0 Å². The van der Waals surface area contributed by atoms with Gasteiger partial charge in [0.25, 0.3) is 0 Å². The minimum absolute atomic E-state index is 0.0310. The Kier molecular flexibility index (Phi) is 3.56. The second-order valence-corrected chi connectivity index (χ2v) is 6.87. The van der Waals surface area contributed by atoms with Crippen LogP contribution in [-0.4, -0.2) is 17.4 Å². The molecule has 1 heterocycles. The van der Waals surface area contributed by atoms with Gasteiger partial charge in [-0.1, -0.05) is 18.1 Å². The highest BCUT2D eigenvalue weighted by atomic mass is 16.5. The van der Waals surface area contributed by atoms with Crippen molar-refractivity contribution in [1.82, 2.24) is 4.98 Å². The fraction of sp³-hybridized carbons (Fsp3) is 0.0833. The highest BCUT2D eigenvalue weighted by molar-refractivity contribution is 6.14. The summed E-state index contributed by atoms with van der Waals surface area (Å²) in [6, 6.07) is 16.4. The molecular weight excluding hydrogens is 350 g/mol. The third-order valence-corrected chi connectivity index (χ3v) is 5.20. The van der Waals surface area contributed by atoms with Crippen molar-refractivity contribution in [3.63, 3.8) is 0 Å². The Morgan fingerprint density at radius 3 is 2.61 bits per heavy atom. The van der Waals surface area contributed by atoms with Crippen LogP contribution >= 0.6 is 0 Å². The molecule has 5 rings (SSSR count). The lowest BCUT2D eigenvalue weighted by Gasteiger charge is -2.20. The van der Waals surface area contributed by atoms with Crippen LogP contribution in [0.4, 0.5) is 0 Å². The van der Waals surface area contributed by atoms with Crippen LogP contribution in [0.3, 0.4) is 0 Å². The molecular formula is C24H15NO3. The van der Waals surface area contributed by atoms with Crippen LogP contribution in [0.5, 0.6) is 5.75 Å². The standard InChI is InChI=1S/C24H15NO3/c1-2-9-28-16-7-8-17-14(11-16)10-15-12-20-22(13-19(15)23(17)26)25-21-6-4-3-5-18(21)24(20)27/h1,3-8,11-13H,9-10H2,(H,25,27). The lowest BCUT2D eigenvalue weighted by atomic mass is 9.84. The van der Waals surface area contributed by atoms with Crippen molar-refractivity contribution in [2.24, 2.45) is 0 Å². The number of H-pyrrole nitrogens is 1. The zero-order valence-corrected chi connectivity index (χ0v) is 14.9. The van der Waals surface area contributed by atoms with E-state index in [4.69, 9.17) is 11.2 Å². The number of hydrogen-bond donors (Lipinski definition) is 1. The number of carbonyl (C=O) groups excluding carboxylic acids is 1. The van der Waals surface area contributed by atoms with Crippen LogP contribution in [0.2, 0.25) is 0 Å². The molecule has 0 amide bonds. The number of ketones is 1. The van der Waals surface area contributed by atoms with E-state index in [0.717, 1.165) is 16.6 Å². The zero-order valence-electron chi connectivity index (χ0n) is 14.9. The summed E-state index contributed by atoms with van der Waals surface area (Å²) in [6.45, 7) is 0.177. The van der Waals surface area contributed by atoms with Crippen molar-refractivity contribution in [1.29, 1.82) is 0 Å². The fourth-order valence-electron chi connectivity index (χ4n) is 3.88. The Morgan fingerprint density at radius 1 is 0.929 bits per heavy atom. The van der Waals surface area contributed by atoms with Gasteiger partial charge >= 0.3 is 0 Å². The third-order valence-electron chi connectivity index (χ3n) is 5.20. The second kappa shape index (κ2) is 6.11. The molecule has 0 saturated heterocycles. The van der Waals surface area contributed by atoms with E-state index in [1.807, 2.05) is 36.4 Å². The maximum atomic E-state index is 13.1. The molecule has 0 unspecified atom stereocenters. The van der Waals surface area contributed by atoms with E-state index < -0.39 is 0 Å². The summed E-state index contributed by atoms with van der Waals surface area (Å²) in [5.41, 5.74) is 4.42. The number of hydrogen-bond acceptors (Lipinski definition) is 3. The maximum Gasteiger partial charge on any atom is 0.197 e. The van der Waals surface area contributed by atoms with Gasteiger partial charge in [0.05, 0.1) is 5.52 Å². The van der Waals surface area contributed by atoms with E-state index in [0.29, 0.717) is 39.6 Å². The van der Waals surface area contributed by atoms with E-state index in [1.54, 1.807) is 18.2 Å². The molecule has 1 aromatic heterocycles. The Balaban J connectivity index is 1.69. The lowest BCUT2D eigenvalue weighted by molar-refractivity contribution is 0.103. The number of nitrogens with one attached hydrogen (secondary N) is 1. The number of carbonyl (C=O) groups is 1. The number of rotatable bonds is 2. The minimum atomic E-state index is -0.0457. The number of ether oxygens (including phenoxy) is 1. The molecule has 4 aromatic rings. The van der Waals surface area contributed by atoms with E-state index in [9.17, 15) is 9.59 Å². The lowest BCUT2D eigenvalue weighted by Crippen LogP contribution is -2.16. The predicted octanol–water partition coefficient (Wildman–Crippen LogP) is 3.83. The van der Waals surface area contributed by atoms with Crippen molar-refractivity contribution in [3.8, 4) is 18.1 Å². The molecule has 4 nitrogen and oxygen atoms in total. The maximum absolute atomic E-state index is 13.1. The molecule has 1 aliphatic rings. The van der Waals surface area contributed by atoms with Crippen molar-refractivity contribution >= 4 is 27.6 Å². The first-order valence-electron chi connectivity index (χ1n) is 8.97. The molecule has 134 valence electrons. The summed E-state index contributed by atoms with van der Waals surface area (Å²) in [6.07, 6.45) is 5.81. The first-order valence-corrected chi connectivity index (χ1v) is 8.97. The average Bonchev–Trinajstić information content (AvgIpc) is 2.72. The molecule has 1 aliphatic carbocycles. The molecule has 4 heteroatoms. The normalized spacial score (nSPS) is 12.5. The smallest absolute Gasteiger partial charge is 0.197 e. The first kappa shape index (κ1) is 16.3. The van der Waals surface area contributed by atoms with Crippen LogP contribution in [0.15, 0.2) is 59.4 Å². The van der Waals surface area contributed by atoms with Gasteiger partial charge in [0.15, 0.2) is 11.2 Å². The Bertz CT molecular complexity index is 1390. The quantitative estimate of drug-likeness (QED) is 0.382. The van der Waals surface area contributed by atoms with Crippen LogP contribution in [0.1, 0.15) is 27.0 Å². The minimum Gasteiger partial charge on any atom is -0.481 e. The van der Waals surface area contributed by atoms with Crippen LogP contribution in [-0.2, 0) is 6.42 Å². The van der Waals surface area contributed by atoms with Crippen LogP contribution in [0.25, 0.3) is 21.8 Å². The molecule has 0 fully saturated rings. The number of terminal acetylenes is 1. The van der Waals surface area contributed by atoms with E-state index in [-0.39, 0.29) is 17.8 Å². The van der Waals surface area contributed by atoms with Crippen molar-refractivity contribution in [2.75, 3.05) is 6.61 Å². The van der Waals surface area contributed by atoms with Gasteiger partial charge in [0.1, 0.15) is 12.4 Å². The molecule has 0 spiro atoms. The molecule has 0 bridgehead atoms. The third kappa shape index (κ3) is 2.41. The molecule has 0 radical (unpaired) electrons. The van der Waals surface area contributed by atoms with Crippen LogP contribution in [0, 0.1) is 12.3 Å². The number of para-hydroxylation sites is 1. The molecule has 1 N–H and O–H groups in total. The van der Waals surface area contributed by atoms with Crippen molar-refractivity contribution < 1.29 is 9.53 Å². The number of fused-ring (bicyclic) bond motifs is 4. The first-order chi connectivity index (χ1) is 13.7. The van der Waals surface area contributed by atoms with Gasteiger partial charge in [-0.3, -0.25) is 9.59 Å². The van der Waals surface area contributed by atoms with Gasteiger partial charge in [0, 0.05) is 27.4 Å². The van der Waals surface area contributed by atoms with Crippen molar-refractivity contribution in [2.45, 2.75) is 6.42 Å². The van der Waals surface area contributed by atoms with Gasteiger partial charge in [-0.05, 0) is 60.0 Å². The summed E-state index contributed by atoms with van der Waals surface area (Å²) in [7, 11) is 0. The molecule has 28 heavy (non-hydrogen) atoms. The Labute approximate surface area is 160 Å². The molecule has 3 aromatic carbocycles. The highest BCUT2D eigenvalue weighted by Gasteiger charge is 2.25. The van der Waals surface area contributed by atoms with Crippen molar-refractivity contribution in [3.05, 3.63) is 87.1 Å². The van der Waals surface area contributed by atoms with Gasteiger partial charge in [-0.2, -0.15) is 0 Å². The Morgan fingerprint density at radius 2 is 1.75 bits per heavy atom. The van der Waals surface area contributed by atoms with Gasteiger partial charge < -0.3 is 9.72 Å². The van der Waals surface area contributed by atoms with E-state index >= 15 is 0 Å². The van der Waals surface area contributed by atoms with Gasteiger partial charge in [-0.15, -0.1) is 6.42 Å². The number of benzene rings is 3. The monoisotopic (exact) mass is 365 g/mol. The zero-order chi connectivity index (χ0) is 19.3. The average molecular weight is 365 g/mol. The summed E-state index contributed by atoms with van der Waals surface area (Å²) >= 11 is 0. The van der Waals surface area contributed by atoms with Crippen LogP contribution < -0.4 is 10.2 Å². The summed E-state index contributed by atoms with van der Waals surface area (Å²) in [5, 5.41) is 1.23. The molecule has 0 saturated carbocycles. The predicted molar refractivity (Wildman–Crippen MR) is 109 cm³/mol.